The van der Waals surface area contributed by atoms with Gasteiger partial charge in [-0.3, -0.25) is 0 Å². The molecule has 1 aromatic rings. The van der Waals surface area contributed by atoms with Gasteiger partial charge in [0, 0.05) is 11.6 Å². The van der Waals surface area contributed by atoms with Crippen LogP contribution in [0, 0.1) is 0 Å². The summed E-state index contributed by atoms with van der Waals surface area (Å²) in [5.41, 5.74) is 0.682. The van der Waals surface area contributed by atoms with Crippen molar-refractivity contribution in [1.82, 2.24) is 5.32 Å². The normalized spacial score (nSPS) is 14.5. The molecule has 96 valence electrons. The monoisotopic (exact) mass is 239 g/mol. The van der Waals surface area contributed by atoms with E-state index in [-0.39, 0.29) is 23.6 Å². The zero-order chi connectivity index (χ0) is 12.8. The van der Waals surface area contributed by atoms with Gasteiger partial charge in [0.2, 0.25) is 0 Å². The molecule has 4 nitrogen and oxygen atoms in total. The number of benzene rings is 1. The summed E-state index contributed by atoms with van der Waals surface area (Å²) in [4.78, 5) is 0. The van der Waals surface area contributed by atoms with Crippen molar-refractivity contribution in [2.24, 2.45) is 0 Å². The topological polar surface area (TPSA) is 72.7 Å². The number of hydrogen-bond acceptors (Lipinski definition) is 4. The van der Waals surface area contributed by atoms with E-state index in [0.29, 0.717) is 5.56 Å². The van der Waals surface area contributed by atoms with E-state index in [1.165, 1.54) is 12.1 Å². The van der Waals surface area contributed by atoms with E-state index < -0.39 is 0 Å². The maximum atomic E-state index is 9.66. The Morgan fingerprint density at radius 1 is 1.24 bits per heavy atom. The third-order valence-corrected chi connectivity index (χ3v) is 2.73. The summed E-state index contributed by atoms with van der Waals surface area (Å²) in [5, 5.41) is 31.4. The quantitative estimate of drug-likeness (QED) is 0.452. The van der Waals surface area contributed by atoms with Gasteiger partial charge < -0.3 is 20.6 Å². The molecule has 0 bridgehead atoms. The van der Waals surface area contributed by atoms with Crippen LogP contribution in [0.25, 0.3) is 0 Å². The van der Waals surface area contributed by atoms with Gasteiger partial charge >= 0.3 is 0 Å². The number of aromatic hydroxyl groups is 2. The lowest BCUT2D eigenvalue weighted by Crippen LogP contribution is -2.20. The Hall–Kier alpha value is -1.26. The summed E-state index contributed by atoms with van der Waals surface area (Å²) in [6, 6.07) is 4.47. The second kappa shape index (κ2) is 6.47. The third-order valence-electron chi connectivity index (χ3n) is 2.73. The summed E-state index contributed by atoms with van der Waals surface area (Å²) < 4.78 is 0. The first-order valence-electron chi connectivity index (χ1n) is 5.94. The van der Waals surface area contributed by atoms with Crippen molar-refractivity contribution in [2.75, 3.05) is 6.54 Å². The standard InChI is InChI=1S/C13H21NO3/c1-9(15)4-3-7-14-10(2)12-8-11(16)5-6-13(12)17/h5-6,8-10,14-17H,3-4,7H2,1-2H3. The van der Waals surface area contributed by atoms with Gasteiger partial charge in [-0.25, -0.2) is 0 Å². The average molecular weight is 239 g/mol. The summed E-state index contributed by atoms with van der Waals surface area (Å²) in [6.07, 6.45) is 1.36. The lowest BCUT2D eigenvalue weighted by atomic mass is 10.1. The Morgan fingerprint density at radius 2 is 1.94 bits per heavy atom. The number of nitrogens with one attached hydrogen (secondary N) is 1. The van der Waals surface area contributed by atoms with Crippen molar-refractivity contribution in [1.29, 1.82) is 0 Å². The molecule has 0 saturated carbocycles. The highest BCUT2D eigenvalue weighted by molar-refractivity contribution is 5.40. The number of aliphatic hydroxyl groups is 1. The SMILES string of the molecule is CC(O)CCCNC(C)c1cc(O)ccc1O. The fraction of sp³-hybridized carbons (Fsp3) is 0.538. The highest BCUT2D eigenvalue weighted by atomic mass is 16.3. The van der Waals surface area contributed by atoms with E-state index in [1.807, 2.05) is 6.92 Å². The van der Waals surface area contributed by atoms with Crippen molar-refractivity contribution in [3.8, 4) is 11.5 Å². The summed E-state index contributed by atoms with van der Waals surface area (Å²) in [5.74, 6) is 0.328. The molecule has 0 aromatic heterocycles. The highest BCUT2D eigenvalue weighted by Gasteiger charge is 2.10. The van der Waals surface area contributed by atoms with E-state index >= 15 is 0 Å². The van der Waals surface area contributed by atoms with E-state index in [1.54, 1.807) is 13.0 Å². The second-order valence-electron chi connectivity index (χ2n) is 4.41. The van der Waals surface area contributed by atoms with Crippen molar-refractivity contribution in [2.45, 2.75) is 38.8 Å². The van der Waals surface area contributed by atoms with Gasteiger partial charge in [0.25, 0.3) is 0 Å². The molecule has 0 amide bonds. The zero-order valence-electron chi connectivity index (χ0n) is 10.3. The first-order chi connectivity index (χ1) is 8.00. The average Bonchev–Trinajstić information content (AvgIpc) is 2.27. The van der Waals surface area contributed by atoms with Crippen LogP contribution in [0.2, 0.25) is 0 Å². The molecule has 0 saturated heterocycles. The molecule has 1 aromatic carbocycles. The van der Waals surface area contributed by atoms with Gasteiger partial charge in [0.1, 0.15) is 11.5 Å². The fourth-order valence-electron chi connectivity index (χ4n) is 1.71. The van der Waals surface area contributed by atoms with E-state index in [4.69, 9.17) is 5.11 Å². The second-order valence-corrected chi connectivity index (χ2v) is 4.41. The Morgan fingerprint density at radius 3 is 2.59 bits per heavy atom. The van der Waals surface area contributed by atoms with Gasteiger partial charge in [0.05, 0.1) is 6.10 Å². The predicted molar refractivity (Wildman–Crippen MR) is 67.1 cm³/mol. The summed E-state index contributed by atoms with van der Waals surface area (Å²) in [6.45, 7) is 4.46. The summed E-state index contributed by atoms with van der Waals surface area (Å²) >= 11 is 0. The van der Waals surface area contributed by atoms with E-state index in [0.717, 1.165) is 19.4 Å². The van der Waals surface area contributed by atoms with Crippen molar-refractivity contribution < 1.29 is 15.3 Å². The third kappa shape index (κ3) is 4.63. The molecule has 0 radical (unpaired) electrons. The van der Waals surface area contributed by atoms with Crippen LogP contribution < -0.4 is 5.32 Å². The summed E-state index contributed by atoms with van der Waals surface area (Å²) in [7, 11) is 0. The molecule has 0 spiro atoms. The van der Waals surface area contributed by atoms with Crippen molar-refractivity contribution >= 4 is 0 Å². The maximum Gasteiger partial charge on any atom is 0.120 e. The number of rotatable bonds is 6. The van der Waals surface area contributed by atoms with Gasteiger partial charge in [-0.1, -0.05) is 0 Å². The minimum Gasteiger partial charge on any atom is -0.508 e. The smallest absolute Gasteiger partial charge is 0.120 e. The van der Waals surface area contributed by atoms with E-state index in [9.17, 15) is 10.2 Å². The number of phenolic OH excluding ortho intramolecular Hbond substituents is 2. The zero-order valence-corrected chi connectivity index (χ0v) is 10.3. The van der Waals surface area contributed by atoms with Crippen LogP contribution in [-0.2, 0) is 0 Å². The molecule has 2 atom stereocenters. The lowest BCUT2D eigenvalue weighted by Gasteiger charge is -2.16. The van der Waals surface area contributed by atoms with Crippen LogP contribution in [0.15, 0.2) is 18.2 Å². The minimum atomic E-state index is -0.277. The molecule has 0 heterocycles. The molecule has 4 heteroatoms. The van der Waals surface area contributed by atoms with Crippen LogP contribution in [0.4, 0.5) is 0 Å². The minimum absolute atomic E-state index is 0.0314. The van der Waals surface area contributed by atoms with Gasteiger partial charge in [-0.2, -0.15) is 0 Å². The first kappa shape index (κ1) is 13.8. The van der Waals surface area contributed by atoms with Gasteiger partial charge in [-0.15, -0.1) is 0 Å². The Kier molecular flexibility index (Phi) is 5.25. The Bertz CT molecular complexity index is 353. The Labute approximate surface area is 102 Å². The van der Waals surface area contributed by atoms with Gasteiger partial charge in [0.15, 0.2) is 0 Å². The lowest BCUT2D eigenvalue weighted by molar-refractivity contribution is 0.181. The fourth-order valence-corrected chi connectivity index (χ4v) is 1.71. The van der Waals surface area contributed by atoms with E-state index in [2.05, 4.69) is 5.32 Å². The Balaban J connectivity index is 2.46. The molecule has 1 rings (SSSR count). The molecule has 0 aliphatic carbocycles. The molecule has 0 fully saturated rings. The first-order valence-corrected chi connectivity index (χ1v) is 5.94. The highest BCUT2D eigenvalue weighted by Crippen LogP contribution is 2.27. The maximum absolute atomic E-state index is 9.66. The van der Waals surface area contributed by atoms with Crippen LogP contribution in [-0.4, -0.2) is 28.0 Å². The number of phenols is 2. The van der Waals surface area contributed by atoms with Crippen molar-refractivity contribution in [3.63, 3.8) is 0 Å². The largest absolute Gasteiger partial charge is 0.508 e. The van der Waals surface area contributed by atoms with Crippen LogP contribution in [0.3, 0.4) is 0 Å². The predicted octanol–water partition coefficient (Wildman–Crippen LogP) is 1.91. The van der Waals surface area contributed by atoms with Crippen LogP contribution >= 0.6 is 0 Å². The number of aliphatic hydroxyl groups excluding tert-OH is 1. The molecular formula is C13H21NO3. The van der Waals surface area contributed by atoms with Crippen LogP contribution in [0.1, 0.15) is 38.3 Å². The number of hydrogen-bond donors (Lipinski definition) is 4. The molecular weight excluding hydrogens is 218 g/mol. The molecule has 0 aliphatic heterocycles. The van der Waals surface area contributed by atoms with Crippen molar-refractivity contribution in [3.05, 3.63) is 23.8 Å². The molecule has 2 unspecified atom stereocenters. The molecule has 0 aliphatic rings. The molecule has 4 N–H and O–H groups in total. The van der Waals surface area contributed by atoms with Gasteiger partial charge in [-0.05, 0) is 51.4 Å². The van der Waals surface area contributed by atoms with Crippen LogP contribution in [0.5, 0.6) is 11.5 Å². The molecule has 17 heavy (non-hydrogen) atoms.